The van der Waals surface area contributed by atoms with E-state index < -0.39 is 5.82 Å². The minimum atomic E-state index is -0.421. The molecule has 1 aliphatic heterocycles. The summed E-state index contributed by atoms with van der Waals surface area (Å²) in [6.07, 6.45) is 2.09. The highest BCUT2D eigenvalue weighted by atomic mass is 35.5. The Hall–Kier alpha value is -0.940. The molecule has 0 spiro atoms. The third kappa shape index (κ3) is 1.95. The first-order valence-corrected chi connectivity index (χ1v) is 7.40. The van der Waals surface area contributed by atoms with Gasteiger partial charge in [0.05, 0.1) is 16.1 Å². The van der Waals surface area contributed by atoms with Crippen LogP contribution in [0, 0.1) is 5.82 Å². The van der Waals surface area contributed by atoms with Gasteiger partial charge in [0.1, 0.15) is 5.82 Å². The minimum Gasteiger partial charge on any atom is -0.369 e. The molecule has 1 aliphatic rings. The van der Waals surface area contributed by atoms with Crippen LogP contribution in [0.5, 0.6) is 0 Å². The molecule has 2 aromatic rings. The summed E-state index contributed by atoms with van der Waals surface area (Å²) in [6, 6.07) is 3.29. The lowest BCUT2D eigenvalue weighted by Crippen LogP contribution is -2.17. The second kappa shape index (κ2) is 4.63. The van der Waals surface area contributed by atoms with Crippen molar-refractivity contribution in [3.05, 3.63) is 23.0 Å². The molecule has 3 rings (SSSR count). The van der Waals surface area contributed by atoms with E-state index in [9.17, 15) is 4.39 Å². The standard InChI is InChI=1S/C12H13ClFN3S/c13-8-5-10-11(6-9(8)14)17(12(15)16-10)7-1-3-18-4-2-7/h5-7H,1-4H2,(H2,15,16). The van der Waals surface area contributed by atoms with Crippen LogP contribution in [0.4, 0.5) is 10.3 Å². The summed E-state index contributed by atoms with van der Waals surface area (Å²) in [5, 5.41) is 0.0892. The van der Waals surface area contributed by atoms with Crippen LogP contribution in [0.3, 0.4) is 0 Å². The lowest BCUT2D eigenvalue weighted by atomic mass is 10.1. The Bertz CT molecular complexity index is 593. The lowest BCUT2D eigenvalue weighted by Gasteiger charge is -2.24. The van der Waals surface area contributed by atoms with E-state index in [1.807, 2.05) is 16.3 Å². The summed E-state index contributed by atoms with van der Waals surface area (Å²) in [5.41, 5.74) is 7.37. The highest BCUT2D eigenvalue weighted by molar-refractivity contribution is 7.99. The summed E-state index contributed by atoms with van der Waals surface area (Å²) in [4.78, 5) is 4.27. The number of hydrogen-bond acceptors (Lipinski definition) is 3. The van der Waals surface area contributed by atoms with Crippen LogP contribution in [-0.2, 0) is 0 Å². The van der Waals surface area contributed by atoms with Crippen molar-refractivity contribution in [1.82, 2.24) is 9.55 Å². The molecule has 0 atom stereocenters. The SMILES string of the molecule is Nc1nc2cc(Cl)c(F)cc2n1C1CCSCC1. The van der Waals surface area contributed by atoms with Crippen LogP contribution in [0.25, 0.3) is 11.0 Å². The second-order valence-corrected chi connectivity index (χ2v) is 6.07. The Balaban J connectivity index is 2.15. The molecule has 0 saturated carbocycles. The van der Waals surface area contributed by atoms with Gasteiger partial charge in [0.25, 0.3) is 0 Å². The molecule has 3 nitrogen and oxygen atoms in total. The van der Waals surface area contributed by atoms with Crippen molar-refractivity contribution in [2.45, 2.75) is 18.9 Å². The first-order chi connectivity index (χ1) is 8.66. The number of fused-ring (bicyclic) bond motifs is 1. The summed E-state index contributed by atoms with van der Waals surface area (Å²) in [6.45, 7) is 0. The van der Waals surface area contributed by atoms with Crippen LogP contribution in [0.15, 0.2) is 12.1 Å². The number of anilines is 1. The van der Waals surface area contributed by atoms with Crippen LogP contribution in [0.1, 0.15) is 18.9 Å². The predicted octanol–water partition coefficient (Wildman–Crippen LogP) is 3.48. The molecule has 0 aliphatic carbocycles. The fourth-order valence-electron chi connectivity index (χ4n) is 2.44. The predicted molar refractivity (Wildman–Crippen MR) is 74.7 cm³/mol. The number of hydrogen-bond donors (Lipinski definition) is 1. The largest absolute Gasteiger partial charge is 0.369 e. The van der Waals surface area contributed by atoms with Crippen molar-refractivity contribution >= 4 is 40.3 Å². The van der Waals surface area contributed by atoms with Gasteiger partial charge in [-0.25, -0.2) is 9.37 Å². The van der Waals surface area contributed by atoms with Gasteiger partial charge in [-0.2, -0.15) is 11.8 Å². The van der Waals surface area contributed by atoms with Crippen LogP contribution < -0.4 is 5.73 Å². The van der Waals surface area contributed by atoms with Crippen molar-refractivity contribution in [2.24, 2.45) is 0 Å². The third-order valence-electron chi connectivity index (χ3n) is 3.31. The topological polar surface area (TPSA) is 43.8 Å². The number of benzene rings is 1. The van der Waals surface area contributed by atoms with E-state index in [2.05, 4.69) is 4.98 Å². The zero-order valence-electron chi connectivity index (χ0n) is 9.70. The summed E-state index contributed by atoms with van der Waals surface area (Å²) in [7, 11) is 0. The molecule has 0 amide bonds. The van der Waals surface area contributed by atoms with E-state index >= 15 is 0 Å². The molecule has 0 radical (unpaired) electrons. The first kappa shape index (κ1) is 12.1. The minimum absolute atomic E-state index is 0.0892. The Kier molecular flexibility index (Phi) is 3.11. The van der Waals surface area contributed by atoms with Gasteiger partial charge in [-0.15, -0.1) is 0 Å². The molecule has 6 heteroatoms. The van der Waals surface area contributed by atoms with Gasteiger partial charge >= 0.3 is 0 Å². The number of thioether (sulfide) groups is 1. The van der Waals surface area contributed by atoms with E-state index in [0.717, 1.165) is 29.9 Å². The zero-order valence-corrected chi connectivity index (χ0v) is 11.3. The average Bonchev–Trinajstić information content (AvgIpc) is 2.66. The molecule has 1 saturated heterocycles. The molecule has 18 heavy (non-hydrogen) atoms. The smallest absolute Gasteiger partial charge is 0.201 e. The number of aromatic nitrogens is 2. The Morgan fingerprint density at radius 2 is 2.11 bits per heavy atom. The highest BCUT2D eigenvalue weighted by Gasteiger charge is 2.21. The van der Waals surface area contributed by atoms with Crippen molar-refractivity contribution in [3.8, 4) is 0 Å². The van der Waals surface area contributed by atoms with E-state index in [1.165, 1.54) is 12.1 Å². The Labute approximate surface area is 114 Å². The van der Waals surface area contributed by atoms with Gasteiger partial charge in [0, 0.05) is 12.1 Å². The van der Waals surface area contributed by atoms with Gasteiger partial charge in [-0.05, 0) is 30.4 Å². The Morgan fingerprint density at radius 3 is 2.83 bits per heavy atom. The van der Waals surface area contributed by atoms with Crippen molar-refractivity contribution < 1.29 is 4.39 Å². The van der Waals surface area contributed by atoms with Crippen molar-refractivity contribution in [3.63, 3.8) is 0 Å². The lowest BCUT2D eigenvalue weighted by molar-refractivity contribution is 0.486. The normalized spacial score (nSPS) is 17.4. The van der Waals surface area contributed by atoms with Gasteiger partial charge < -0.3 is 10.3 Å². The molecule has 0 unspecified atom stereocenters. The number of rotatable bonds is 1. The number of nitrogens with zero attached hydrogens (tertiary/aromatic N) is 2. The monoisotopic (exact) mass is 285 g/mol. The van der Waals surface area contributed by atoms with Crippen LogP contribution >= 0.6 is 23.4 Å². The summed E-state index contributed by atoms with van der Waals surface area (Å²) >= 11 is 7.71. The average molecular weight is 286 g/mol. The molecule has 1 aromatic carbocycles. The van der Waals surface area contributed by atoms with E-state index in [4.69, 9.17) is 17.3 Å². The fourth-order valence-corrected chi connectivity index (χ4v) is 3.68. The maximum Gasteiger partial charge on any atom is 0.201 e. The zero-order chi connectivity index (χ0) is 12.7. The molecule has 96 valence electrons. The van der Waals surface area contributed by atoms with Crippen LogP contribution in [0.2, 0.25) is 5.02 Å². The van der Waals surface area contributed by atoms with E-state index in [1.54, 1.807) is 0 Å². The van der Waals surface area contributed by atoms with Gasteiger partial charge in [-0.1, -0.05) is 11.6 Å². The van der Waals surface area contributed by atoms with Crippen molar-refractivity contribution in [2.75, 3.05) is 17.2 Å². The number of nitrogen functional groups attached to an aromatic ring is 1. The van der Waals surface area contributed by atoms with Crippen LogP contribution in [-0.4, -0.2) is 21.1 Å². The van der Waals surface area contributed by atoms with Gasteiger partial charge in [0.2, 0.25) is 5.95 Å². The maximum absolute atomic E-state index is 13.6. The third-order valence-corrected chi connectivity index (χ3v) is 4.65. The number of halogens is 2. The molecule has 1 aromatic heterocycles. The highest BCUT2D eigenvalue weighted by Crippen LogP contribution is 2.33. The number of imidazole rings is 1. The number of nitrogens with two attached hydrogens (primary N) is 1. The second-order valence-electron chi connectivity index (χ2n) is 4.44. The molecule has 0 bridgehead atoms. The van der Waals surface area contributed by atoms with Gasteiger partial charge in [-0.3, -0.25) is 0 Å². The molecular weight excluding hydrogens is 273 g/mol. The first-order valence-electron chi connectivity index (χ1n) is 5.87. The molecular formula is C12H13ClFN3S. The molecule has 1 fully saturated rings. The van der Waals surface area contributed by atoms with Crippen molar-refractivity contribution in [1.29, 1.82) is 0 Å². The quantitative estimate of drug-likeness (QED) is 0.872. The fraction of sp³-hybridized carbons (Fsp3) is 0.417. The van der Waals surface area contributed by atoms with Gasteiger partial charge in [0.15, 0.2) is 0 Å². The van der Waals surface area contributed by atoms with E-state index in [-0.39, 0.29) is 5.02 Å². The van der Waals surface area contributed by atoms with E-state index in [0.29, 0.717) is 17.5 Å². The molecule has 2 heterocycles. The summed E-state index contributed by atoms with van der Waals surface area (Å²) < 4.78 is 15.5. The Morgan fingerprint density at radius 1 is 1.39 bits per heavy atom. The summed E-state index contributed by atoms with van der Waals surface area (Å²) in [5.74, 6) is 2.25. The maximum atomic E-state index is 13.6. The molecule has 2 N–H and O–H groups in total.